The van der Waals surface area contributed by atoms with Crippen LogP contribution in [0.15, 0.2) is 0 Å². The molecule has 5 atom stereocenters. The molecular formula is C12H17FO7. The molecule has 1 heterocycles. The molecule has 8 heteroatoms. The highest BCUT2D eigenvalue weighted by molar-refractivity contribution is 5.68. The Hall–Kier alpha value is -1.70. The van der Waals surface area contributed by atoms with E-state index < -0.39 is 48.7 Å². The Morgan fingerprint density at radius 2 is 1.35 bits per heavy atom. The predicted octanol–water partition coefficient (Wildman–Crippen LogP) is 0.496. The number of halogens is 1. The van der Waals surface area contributed by atoms with Crippen LogP contribution in [0.4, 0.5) is 4.39 Å². The van der Waals surface area contributed by atoms with E-state index in [1.807, 2.05) is 0 Å². The number of esters is 3. The van der Waals surface area contributed by atoms with Gasteiger partial charge in [0.2, 0.25) is 12.5 Å². The maximum absolute atomic E-state index is 14.2. The lowest BCUT2D eigenvalue weighted by Crippen LogP contribution is -2.58. The Morgan fingerprint density at radius 3 is 1.80 bits per heavy atom. The monoisotopic (exact) mass is 292 g/mol. The maximum Gasteiger partial charge on any atom is 0.305 e. The van der Waals surface area contributed by atoms with Gasteiger partial charge in [-0.1, -0.05) is 0 Å². The molecule has 1 fully saturated rings. The first-order chi connectivity index (χ1) is 9.22. The molecule has 0 amide bonds. The van der Waals surface area contributed by atoms with Crippen molar-refractivity contribution in [2.75, 3.05) is 0 Å². The van der Waals surface area contributed by atoms with Crippen molar-refractivity contribution in [1.29, 1.82) is 0 Å². The fraction of sp³-hybridized carbons (Fsp3) is 0.750. The predicted molar refractivity (Wildman–Crippen MR) is 62.1 cm³/mol. The van der Waals surface area contributed by atoms with Crippen molar-refractivity contribution in [1.82, 2.24) is 0 Å². The zero-order valence-electron chi connectivity index (χ0n) is 11.6. The highest BCUT2D eigenvalue weighted by atomic mass is 19.1. The summed E-state index contributed by atoms with van der Waals surface area (Å²) in [6, 6.07) is 0. The van der Waals surface area contributed by atoms with E-state index in [0.29, 0.717) is 0 Å². The van der Waals surface area contributed by atoms with Gasteiger partial charge in [-0.3, -0.25) is 14.4 Å². The molecular weight excluding hydrogens is 275 g/mol. The Labute approximate surface area is 115 Å². The summed E-state index contributed by atoms with van der Waals surface area (Å²) < 4.78 is 33.8. The van der Waals surface area contributed by atoms with Crippen LogP contribution in [0, 0.1) is 0 Å². The normalized spacial score (nSPS) is 33.1. The van der Waals surface area contributed by atoms with Crippen molar-refractivity contribution < 1.29 is 37.7 Å². The van der Waals surface area contributed by atoms with Crippen molar-refractivity contribution in [3.8, 4) is 0 Å². The summed E-state index contributed by atoms with van der Waals surface area (Å²) >= 11 is 0. The molecule has 0 spiro atoms. The summed E-state index contributed by atoms with van der Waals surface area (Å²) in [5.74, 6) is -2.15. The molecule has 0 aromatic heterocycles. The molecule has 114 valence electrons. The van der Waals surface area contributed by atoms with Gasteiger partial charge < -0.3 is 18.9 Å². The van der Waals surface area contributed by atoms with Crippen molar-refractivity contribution in [2.45, 2.75) is 58.5 Å². The van der Waals surface area contributed by atoms with E-state index in [4.69, 9.17) is 14.2 Å². The molecule has 0 unspecified atom stereocenters. The molecule has 0 radical (unpaired) electrons. The molecule has 1 rings (SSSR count). The third kappa shape index (κ3) is 4.16. The van der Waals surface area contributed by atoms with Gasteiger partial charge in [0.25, 0.3) is 0 Å². The summed E-state index contributed by atoms with van der Waals surface area (Å²) in [6.45, 7) is 4.83. The lowest BCUT2D eigenvalue weighted by atomic mass is 10.00. The van der Waals surface area contributed by atoms with Gasteiger partial charge in [-0.25, -0.2) is 4.39 Å². The lowest BCUT2D eigenvalue weighted by Gasteiger charge is -2.40. The van der Waals surface area contributed by atoms with Gasteiger partial charge in [0.15, 0.2) is 12.2 Å². The molecule has 0 N–H and O–H groups in total. The quantitative estimate of drug-likeness (QED) is 0.552. The summed E-state index contributed by atoms with van der Waals surface area (Å²) in [5.41, 5.74) is 0. The van der Waals surface area contributed by atoms with Crippen LogP contribution in [0.5, 0.6) is 0 Å². The average molecular weight is 292 g/mol. The molecule has 0 aliphatic carbocycles. The molecule has 1 saturated heterocycles. The van der Waals surface area contributed by atoms with Gasteiger partial charge in [-0.15, -0.1) is 0 Å². The Balaban J connectivity index is 2.93. The highest BCUT2D eigenvalue weighted by Gasteiger charge is 2.50. The first-order valence-corrected chi connectivity index (χ1v) is 6.03. The first-order valence-electron chi connectivity index (χ1n) is 6.03. The van der Waals surface area contributed by atoms with Crippen LogP contribution < -0.4 is 0 Å². The highest BCUT2D eigenvalue weighted by Crippen LogP contribution is 2.29. The number of rotatable bonds is 3. The minimum atomic E-state index is -1.96. The number of alkyl halides is 1. The minimum absolute atomic E-state index is 0.666. The summed E-state index contributed by atoms with van der Waals surface area (Å²) in [6.07, 6.45) is -6.79. The van der Waals surface area contributed by atoms with Crippen molar-refractivity contribution >= 4 is 17.9 Å². The topological polar surface area (TPSA) is 88.1 Å². The third-order valence-corrected chi connectivity index (χ3v) is 2.60. The fourth-order valence-corrected chi connectivity index (χ4v) is 1.90. The summed E-state index contributed by atoms with van der Waals surface area (Å²) in [7, 11) is 0. The molecule has 0 bridgehead atoms. The van der Waals surface area contributed by atoms with E-state index in [1.165, 1.54) is 6.92 Å². The second kappa shape index (κ2) is 6.65. The number of hydrogen-bond acceptors (Lipinski definition) is 7. The van der Waals surface area contributed by atoms with Crippen LogP contribution >= 0.6 is 0 Å². The number of hydrogen-bond donors (Lipinski definition) is 0. The number of carbonyl (C=O) groups is 3. The van der Waals surface area contributed by atoms with Crippen molar-refractivity contribution in [3.05, 3.63) is 0 Å². The average Bonchev–Trinajstić information content (AvgIpc) is 2.28. The van der Waals surface area contributed by atoms with E-state index in [2.05, 4.69) is 4.74 Å². The van der Waals surface area contributed by atoms with Crippen molar-refractivity contribution in [2.24, 2.45) is 0 Å². The van der Waals surface area contributed by atoms with E-state index in [0.717, 1.165) is 20.8 Å². The van der Waals surface area contributed by atoms with Gasteiger partial charge >= 0.3 is 17.9 Å². The molecule has 7 nitrogen and oxygen atoms in total. The standard InChI is InChI=1S/C12H17FO7/c1-5-10(18-6(2)14)11(19-7(3)15)9(13)12(17-5)20-8(4)16/h5,9-12H,1-4H3/t5-,9-,10+,11-,12+/m1/s1. The van der Waals surface area contributed by atoms with E-state index >= 15 is 0 Å². The summed E-state index contributed by atoms with van der Waals surface area (Å²) in [4.78, 5) is 33.0. The second-order valence-corrected chi connectivity index (χ2v) is 4.41. The van der Waals surface area contributed by atoms with Gasteiger partial charge in [0, 0.05) is 20.8 Å². The van der Waals surface area contributed by atoms with Gasteiger partial charge in [-0.05, 0) is 6.92 Å². The molecule has 1 aliphatic rings. The van der Waals surface area contributed by atoms with Gasteiger partial charge in [-0.2, -0.15) is 0 Å². The molecule has 0 saturated carbocycles. The lowest BCUT2D eigenvalue weighted by molar-refractivity contribution is -0.276. The largest absolute Gasteiger partial charge is 0.456 e. The van der Waals surface area contributed by atoms with Gasteiger partial charge in [0.05, 0.1) is 6.10 Å². The van der Waals surface area contributed by atoms with Crippen LogP contribution in [-0.4, -0.2) is 48.7 Å². The van der Waals surface area contributed by atoms with E-state index in [1.54, 1.807) is 0 Å². The van der Waals surface area contributed by atoms with E-state index in [-0.39, 0.29) is 0 Å². The van der Waals surface area contributed by atoms with Crippen LogP contribution in [-0.2, 0) is 33.3 Å². The second-order valence-electron chi connectivity index (χ2n) is 4.41. The maximum atomic E-state index is 14.2. The van der Waals surface area contributed by atoms with Gasteiger partial charge in [0.1, 0.15) is 0 Å². The molecule has 20 heavy (non-hydrogen) atoms. The van der Waals surface area contributed by atoms with Crippen molar-refractivity contribution in [3.63, 3.8) is 0 Å². The van der Waals surface area contributed by atoms with Crippen LogP contribution in [0.1, 0.15) is 27.7 Å². The zero-order valence-corrected chi connectivity index (χ0v) is 11.6. The van der Waals surface area contributed by atoms with E-state index in [9.17, 15) is 18.8 Å². The smallest absolute Gasteiger partial charge is 0.305 e. The summed E-state index contributed by atoms with van der Waals surface area (Å²) in [5, 5.41) is 0. The Bertz CT molecular complexity index is 397. The minimum Gasteiger partial charge on any atom is -0.456 e. The Kier molecular flexibility index (Phi) is 5.43. The molecule has 0 aromatic carbocycles. The van der Waals surface area contributed by atoms with Crippen LogP contribution in [0.25, 0.3) is 0 Å². The van der Waals surface area contributed by atoms with Crippen LogP contribution in [0.2, 0.25) is 0 Å². The number of carbonyl (C=O) groups excluding carboxylic acids is 3. The molecule has 1 aliphatic heterocycles. The SMILES string of the molecule is CC(=O)O[C@@H]1O[C@H](C)[C@H](OC(C)=O)[C@H](OC(C)=O)[C@H]1F. The third-order valence-electron chi connectivity index (χ3n) is 2.60. The number of ether oxygens (including phenoxy) is 4. The Morgan fingerprint density at radius 1 is 0.900 bits per heavy atom. The van der Waals surface area contributed by atoms with Crippen LogP contribution in [0.3, 0.4) is 0 Å². The first kappa shape index (κ1) is 16.4. The fourth-order valence-electron chi connectivity index (χ4n) is 1.90. The zero-order chi connectivity index (χ0) is 15.4. The molecule has 0 aromatic rings.